The van der Waals surface area contributed by atoms with Gasteiger partial charge in [0.15, 0.2) is 5.96 Å². The molecular formula is C21H30IN5O. The van der Waals surface area contributed by atoms with Crippen LogP contribution in [0.3, 0.4) is 0 Å². The Morgan fingerprint density at radius 1 is 1.11 bits per heavy atom. The predicted octanol–water partition coefficient (Wildman–Crippen LogP) is 2.99. The van der Waals surface area contributed by atoms with Crippen molar-refractivity contribution in [3.63, 3.8) is 0 Å². The number of halogens is 1. The largest absolute Gasteiger partial charge is 0.481 e. The molecule has 1 aromatic carbocycles. The van der Waals surface area contributed by atoms with Crippen LogP contribution < -0.4 is 10.1 Å². The predicted molar refractivity (Wildman–Crippen MR) is 124 cm³/mol. The zero-order valence-electron chi connectivity index (χ0n) is 16.7. The number of nitrogens with zero attached hydrogens (tertiary/aromatic N) is 4. The molecule has 1 aliphatic heterocycles. The molecule has 0 radical (unpaired) electrons. The van der Waals surface area contributed by atoms with Crippen molar-refractivity contribution in [1.29, 1.82) is 0 Å². The molecule has 0 bridgehead atoms. The van der Waals surface area contributed by atoms with Gasteiger partial charge in [-0.05, 0) is 24.1 Å². The third-order valence-corrected chi connectivity index (χ3v) is 4.68. The van der Waals surface area contributed by atoms with Crippen molar-refractivity contribution in [2.75, 3.05) is 39.8 Å². The third-order valence-electron chi connectivity index (χ3n) is 4.68. The molecule has 3 rings (SSSR count). The highest BCUT2D eigenvalue weighted by Crippen LogP contribution is 2.11. The minimum Gasteiger partial charge on any atom is -0.481 e. The van der Waals surface area contributed by atoms with Crippen molar-refractivity contribution in [3.05, 3.63) is 59.8 Å². The number of piperazine rings is 1. The Bertz CT molecular complexity index is 733. The Kier molecular flexibility index (Phi) is 9.49. The maximum Gasteiger partial charge on any atom is 0.213 e. The quantitative estimate of drug-likeness (QED) is 0.380. The molecule has 0 atom stereocenters. The van der Waals surface area contributed by atoms with Gasteiger partial charge >= 0.3 is 0 Å². The van der Waals surface area contributed by atoms with Gasteiger partial charge in [0.05, 0.1) is 13.7 Å². The number of aromatic nitrogens is 1. The van der Waals surface area contributed by atoms with E-state index in [1.807, 2.05) is 12.1 Å². The molecule has 152 valence electrons. The zero-order valence-corrected chi connectivity index (χ0v) is 19.0. The first-order chi connectivity index (χ1) is 13.3. The number of ether oxygens (including phenoxy) is 1. The Morgan fingerprint density at radius 2 is 1.86 bits per heavy atom. The van der Waals surface area contributed by atoms with E-state index in [9.17, 15) is 0 Å². The van der Waals surface area contributed by atoms with Crippen molar-refractivity contribution in [2.45, 2.75) is 20.0 Å². The molecule has 0 spiro atoms. The number of aliphatic imine (C=N–C) groups is 1. The van der Waals surface area contributed by atoms with E-state index in [1.54, 1.807) is 13.3 Å². The summed E-state index contributed by atoms with van der Waals surface area (Å²) in [5.74, 6) is 1.61. The van der Waals surface area contributed by atoms with Crippen LogP contribution in [0.2, 0.25) is 0 Å². The van der Waals surface area contributed by atoms with Crippen molar-refractivity contribution >= 4 is 29.9 Å². The monoisotopic (exact) mass is 495 g/mol. The van der Waals surface area contributed by atoms with Crippen LogP contribution in [-0.2, 0) is 13.1 Å². The second-order valence-electron chi connectivity index (χ2n) is 6.63. The first kappa shape index (κ1) is 22.4. The Morgan fingerprint density at radius 3 is 2.54 bits per heavy atom. The molecule has 0 saturated carbocycles. The van der Waals surface area contributed by atoms with Crippen LogP contribution in [-0.4, -0.2) is 60.6 Å². The van der Waals surface area contributed by atoms with E-state index in [1.165, 1.54) is 5.56 Å². The van der Waals surface area contributed by atoms with Crippen molar-refractivity contribution in [1.82, 2.24) is 20.1 Å². The first-order valence-electron chi connectivity index (χ1n) is 9.57. The molecule has 1 N–H and O–H groups in total. The molecular weight excluding hydrogens is 465 g/mol. The molecule has 1 fully saturated rings. The maximum absolute atomic E-state index is 5.19. The van der Waals surface area contributed by atoms with Crippen molar-refractivity contribution in [2.24, 2.45) is 4.99 Å². The fourth-order valence-corrected chi connectivity index (χ4v) is 3.21. The normalized spacial score (nSPS) is 15.1. The summed E-state index contributed by atoms with van der Waals surface area (Å²) < 4.78 is 5.19. The Labute approximate surface area is 185 Å². The van der Waals surface area contributed by atoms with Gasteiger partial charge in [0.25, 0.3) is 0 Å². The summed E-state index contributed by atoms with van der Waals surface area (Å²) in [5.41, 5.74) is 2.47. The fraction of sp³-hybridized carbons (Fsp3) is 0.429. The molecule has 0 unspecified atom stereocenters. The molecule has 28 heavy (non-hydrogen) atoms. The summed E-state index contributed by atoms with van der Waals surface area (Å²) in [4.78, 5) is 13.8. The SMILES string of the molecule is CCNC(=NCc1ccnc(OC)c1)N1CCN(Cc2ccccc2)CC1.I. The van der Waals surface area contributed by atoms with E-state index >= 15 is 0 Å². The van der Waals surface area contributed by atoms with Gasteiger partial charge in [-0.15, -0.1) is 24.0 Å². The molecule has 1 aliphatic rings. The average Bonchev–Trinajstić information content (AvgIpc) is 2.73. The molecule has 2 heterocycles. The highest BCUT2D eigenvalue weighted by atomic mass is 127. The van der Waals surface area contributed by atoms with Crippen LogP contribution in [0.4, 0.5) is 0 Å². The lowest BCUT2D eigenvalue weighted by Gasteiger charge is -2.36. The van der Waals surface area contributed by atoms with Crippen LogP contribution >= 0.6 is 24.0 Å². The topological polar surface area (TPSA) is 53.0 Å². The van der Waals surface area contributed by atoms with E-state index in [4.69, 9.17) is 9.73 Å². The third kappa shape index (κ3) is 6.63. The number of nitrogens with one attached hydrogen (secondary N) is 1. The minimum atomic E-state index is 0. The number of benzene rings is 1. The van der Waals surface area contributed by atoms with Crippen LogP contribution in [0, 0.1) is 0 Å². The van der Waals surface area contributed by atoms with Crippen LogP contribution in [0.25, 0.3) is 0 Å². The van der Waals surface area contributed by atoms with Crippen molar-refractivity contribution < 1.29 is 4.74 Å². The summed E-state index contributed by atoms with van der Waals surface area (Å²) >= 11 is 0. The number of guanidine groups is 1. The van der Waals surface area contributed by atoms with E-state index in [0.717, 1.165) is 50.8 Å². The van der Waals surface area contributed by atoms with Crippen LogP contribution in [0.1, 0.15) is 18.1 Å². The number of rotatable bonds is 6. The van der Waals surface area contributed by atoms with Gasteiger partial charge in [-0.3, -0.25) is 4.90 Å². The van der Waals surface area contributed by atoms with Crippen LogP contribution in [0.5, 0.6) is 5.88 Å². The van der Waals surface area contributed by atoms with Gasteiger partial charge < -0.3 is 15.0 Å². The highest BCUT2D eigenvalue weighted by Gasteiger charge is 2.19. The Balaban J connectivity index is 0.00000280. The summed E-state index contributed by atoms with van der Waals surface area (Å²) in [6, 6.07) is 14.6. The molecule has 2 aromatic rings. The summed E-state index contributed by atoms with van der Waals surface area (Å²) in [6.07, 6.45) is 1.76. The number of pyridine rings is 1. The first-order valence-corrected chi connectivity index (χ1v) is 9.57. The second kappa shape index (κ2) is 11.9. The van der Waals surface area contributed by atoms with E-state index in [2.05, 4.69) is 57.4 Å². The maximum atomic E-state index is 5.19. The van der Waals surface area contributed by atoms with Gasteiger partial charge in [-0.2, -0.15) is 0 Å². The van der Waals surface area contributed by atoms with Gasteiger partial charge in [0.1, 0.15) is 0 Å². The van der Waals surface area contributed by atoms with E-state index in [-0.39, 0.29) is 24.0 Å². The van der Waals surface area contributed by atoms with Gasteiger partial charge in [-0.1, -0.05) is 30.3 Å². The second-order valence-corrected chi connectivity index (χ2v) is 6.63. The number of hydrogen-bond acceptors (Lipinski definition) is 4. The molecule has 7 heteroatoms. The minimum absolute atomic E-state index is 0. The number of hydrogen-bond donors (Lipinski definition) is 1. The smallest absolute Gasteiger partial charge is 0.213 e. The van der Waals surface area contributed by atoms with Crippen LogP contribution in [0.15, 0.2) is 53.7 Å². The van der Waals surface area contributed by atoms with E-state index in [0.29, 0.717) is 12.4 Å². The number of methoxy groups -OCH3 is 1. The molecule has 0 amide bonds. The summed E-state index contributed by atoms with van der Waals surface area (Å²) in [5, 5.41) is 3.43. The van der Waals surface area contributed by atoms with Gasteiger partial charge in [0.2, 0.25) is 5.88 Å². The molecule has 0 aliphatic carbocycles. The standard InChI is InChI=1S/C21H29N5O.HI/c1-3-22-21(24-16-19-9-10-23-20(15-19)27-2)26-13-11-25(12-14-26)17-18-7-5-4-6-8-18;/h4-10,15H,3,11-14,16-17H2,1-2H3,(H,22,24);1H. The van der Waals surface area contributed by atoms with Gasteiger partial charge in [0, 0.05) is 51.5 Å². The van der Waals surface area contributed by atoms with Crippen molar-refractivity contribution in [3.8, 4) is 5.88 Å². The molecule has 1 saturated heterocycles. The zero-order chi connectivity index (χ0) is 18.9. The Hall–Kier alpha value is -1.87. The lowest BCUT2D eigenvalue weighted by Crippen LogP contribution is -2.52. The summed E-state index contributed by atoms with van der Waals surface area (Å²) in [7, 11) is 1.63. The molecule has 6 nitrogen and oxygen atoms in total. The summed E-state index contributed by atoms with van der Waals surface area (Å²) in [6.45, 7) is 8.66. The average molecular weight is 495 g/mol. The van der Waals surface area contributed by atoms with E-state index < -0.39 is 0 Å². The molecule has 1 aromatic heterocycles. The lowest BCUT2D eigenvalue weighted by atomic mass is 10.2. The fourth-order valence-electron chi connectivity index (χ4n) is 3.21. The van der Waals surface area contributed by atoms with Gasteiger partial charge in [-0.25, -0.2) is 9.98 Å². The highest BCUT2D eigenvalue weighted by molar-refractivity contribution is 14.0. The lowest BCUT2D eigenvalue weighted by molar-refractivity contribution is 0.172.